The van der Waals surface area contributed by atoms with Crippen LogP contribution < -0.4 is 5.32 Å². The van der Waals surface area contributed by atoms with Crippen LogP contribution in [0, 0.1) is 12.7 Å². The summed E-state index contributed by atoms with van der Waals surface area (Å²) in [5, 5.41) is 3.56. The smallest absolute Gasteiger partial charge is 0.207 e. The highest BCUT2D eigenvalue weighted by atomic mass is 35.5. The zero-order valence-electron chi connectivity index (χ0n) is 10.4. The number of hydrogen-bond donors (Lipinski definition) is 1. The monoisotopic (exact) mass is 267 g/mol. The Morgan fingerprint density at radius 2 is 2.22 bits per heavy atom. The molecule has 0 aliphatic rings. The third kappa shape index (κ3) is 2.64. The highest BCUT2D eigenvalue weighted by molar-refractivity contribution is 6.30. The molecule has 2 aromatic rings. The number of aromatic nitrogens is 2. The number of nitrogens with zero attached hydrogens (tertiary/aromatic N) is 2. The fraction of sp³-hybridized carbons (Fsp3) is 0.308. The van der Waals surface area contributed by atoms with E-state index in [1.807, 2.05) is 6.92 Å². The standard InChI is InChI=1S/C13H15ClFN3/c1-3-6-16-13-17-9(2)8-18(13)12-5-4-10(14)7-11(12)15/h4-5,7-8H,3,6H2,1-2H3,(H,16,17). The number of benzene rings is 1. The van der Waals surface area contributed by atoms with Crippen molar-refractivity contribution in [3.8, 4) is 5.69 Å². The molecule has 0 saturated carbocycles. The Kier molecular flexibility index (Phi) is 3.87. The van der Waals surface area contributed by atoms with Gasteiger partial charge in [0.1, 0.15) is 5.82 Å². The molecule has 0 amide bonds. The molecule has 2 rings (SSSR count). The van der Waals surface area contributed by atoms with Crippen LogP contribution in [0.5, 0.6) is 0 Å². The molecule has 0 bridgehead atoms. The molecule has 0 unspecified atom stereocenters. The van der Waals surface area contributed by atoms with E-state index in [4.69, 9.17) is 11.6 Å². The Balaban J connectivity index is 2.42. The third-order valence-electron chi connectivity index (χ3n) is 2.53. The lowest BCUT2D eigenvalue weighted by Crippen LogP contribution is -2.07. The lowest BCUT2D eigenvalue weighted by Gasteiger charge is -2.10. The fourth-order valence-corrected chi connectivity index (χ4v) is 1.88. The first-order valence-electron chi connectivity index (χ1n) is 5.87. The molecule has 0 aliphatic carbocycles. The van der Waals surface area contributed by atoms with Crippen LogP contribution in [0.1, 0.15) is 19.0 Å². The Morgan fingerprint density at radius 3 is 2.89 bits per heavy atom. The molecule has 1 aromatic heterocycles. The predicted octanol–water partition coefficient (Wildman–Crippen LogP) is 3.80. The van der Waals surface area contributed by atoms with Gasteiger partial charge in [-0.25, -0.2) is 9.37 Å². The Hall–Kier alpha value is -1.55. The molecule has 18 heavy (non-hydrogen) atoms. The van der Waals surface area contributed by atoms with Crippen molar-refractivity contribution in [3.05, 3.63) is 40.9 Å². The number of rotatable bonds is 4. The summed E-state index contributed by atoms with van der Waals surface area (Å²) in [6.45, 7) is 4.74. The predicted molar refractivity (Wildman–Crippen MR) is 72.0 cm³/mol. The largest absolute Gasteiger partial charge is 0.355 e. The van der Waals surface area contributed by atoms with Crippen molar-refractivity contribution in [1.82, 2.24) is 9.55 Å². The van der Waals surface area contributed by atoms with Crippen molar-refractivity contribution >= 4 is 17.5 Å². The number of anilines is 1. The van der Waals surface area contributed by atoms with Crippen LogP contribution in [0.4, 0.5) is 10.3 Å². The number of halogens is 2. The van der Waals surface area contributed by atoms with E-state index in [0.29, 0.717) is 16.7 Å². The lowest BCUT2D eigenvalue weighted by molar-refractivity contribution is 0.618. The molecule has 5 heteroatoms. The van der Waals surface area contributed by atoms with Gasteiger partial charge in [0, 0.05) is 17.8 Å². The second kappa shape index (κ2) is 5.40. The van der Waals surface area contributed by atoms with Gasteiger partial charge in [0.05, 0.1) is 11.4 Å². The molecule has 0 atom stereocenters. The van der Waals surface area contributed by atoms with Crippen LogP contribution in [0.2, 0.25) is 5.02 Å². The SMILES string of the molecule is CCCNc1nc(C)cn1-c1ccc(Cl)cc1F. The number of aryl methyl sites for hydroxylation is 1. The molecule has 1 heterocycles. The summed E-state index contributed by atoms with van der Waals surface area (Å²) in [7, 11) is 0. The Labute approximate surface area is 111 Å². The van der Waals surface area contributed by atoms with E-state index in [2.05, 4.69) is 17.2 Å². The molecule has 0 saturated heterocycles. The van der Waals surface area contributed by atoms with Crippen LogP contribution in [0.3, 0.4) is 0 Å². The topological polar surface area (TPSA) is 29.9 Å². The summed E-state index contributed by atoms with van der Waals surface area (Å²) in [5.74, 6) is 0.287. The van der Waals surface area contributed by atoms with Crippen molar-refractivity contribution in [3.63, 3.8) is 0 Å². The van der Waals surface area contributed by atoms with Gasteiger partial charge < -0.3 is 5.32 Å². The second-order valence-electron chi connectivity index (χ2n) is 4.10. The first-order valence-corrected chi connectivity index (χ1v) is 6.25. The van der Waals surface area contributed by atoms with Gasteiger partial charge in [-0.3, -0.25) is 4.57 Å². The summed E-state index contributed by atoms with van der Waals surface area (Å²) in [6, 6.07) is 4.62. The maximum absolute atomic E-state index is 13.9. The lowest BCUT2D eigenvalue weighted by atomic mass is 10.3. The van der Waals surface area contributed by atoms with E-state index >= 15 is 0 Å². The van der Waals surface area contributed by atoms with Crippen molar-refractivity contribution < 1.29 is 4.39 Å². The molecule has 0 radical (unpaired) electrons. The molecular weight excluding hydrogens is 253 g/mol. The van der Waals surface area contributed by atoms with Crippen molar-refractivity contribution in [1.29, 1.82) is 0 Å². The summed E-state index contributed by atoms with van der Waals surface area (Å²) in [4.78, 5) is 4.34. The molecule has 0 spiro atoms. The molecular formula is C13H15ClFN3. The van der Waals surface area contributed by atoms with Crippen LogP contribution in [0.15, 0.2) is 24.4 Å². The van der Waals surface area contributed by atoms with Gasteiger partial charge in [-0.1, -0.05) is 18.5 Å². The quantitative estimate of drug-likeness (QED) is 0.913. The minimum absolute atomic E-state index is 0.362. The minimum atomic E-state index is -0.362. The summed E-state index contributed by atoms with van der Waals surface area (Å²) in [5.41, 5.74) is 1.28. The Morgan fingerprint density at radius 1 is 1.44 bits per heavy atom. The van der Waals surface area contributed by atoms with E-state index in [1.54, 1.807) is 22.9 Å². The van der Waals surface area contributed by atoms with Crippen LogP contribution in [0.25, 0.3) is 5.69 Å². The van der Waals surface area contributed by atoms with E-state index in [0.717, 1.165) is 18.7 Å². The van der Waals surface area contributed by atoms with E-state index < -0.39 is 0 Å². The third-order valence-corrected chi connectivity index (χ3v) is 2.76. The van der Waals surface area contributed by atoms with E-state index in [-0.39, 0.29) is 5.82 Å². The molecule has 1 N–H and O–H groups in total. The molecule has 3 nitrogen and oxygen atoms in total. The zero-order chi connectivity index (χ0) is 13.1. The summed E-state index contributed by atoms with van der Waals surface area (Å²) in [6.07, 6.45) is 2.78. The van der Waals surface area contributed by atoms with Gasteiger partial charge in [-0.2, -0.15) is 0 Å². The van der Waals surface area contributed by atoms with Gasteiger partial charge in [0.15, 0.2) is 0 Å². The minimum Gasteiger partial charge on any atom is -0.355 e. The zero-order valence-corrected chi connectivity index (χ0v) is 11.1. The van der Waals surface area contributed by atoms with Gasteiger partial charge in [-0.15, -0.1) is 0 Å². The average Bonchev–Trinajstić information content (AvgIpc) is 2.67. The van der Waals surface area contributed by atoms with Gasteiger partial charge in [-0.05, 0) is 31.5 Å². The highest BCUT2D eigenvalue weighted by Crippen LogP contribution is 2.22. The van der Waals surface area contributed by atoms with E-state index in [1.165, 1.54) is 6.07 Å². The maximum atomic E-state index is 13.9. The summed E-state index contributed by atoms with van der Waals surface area (Å²) >= 11 is 5.75. The van der Waals surface area contributed by atoms with Crippen molar-refractivity contribution in [2.24, 2.45) is 0 Å². The number of imidazole rings is 1. The van der Waals surface area contributed by atoms with Gasteiger partial charge in [0.2, 0.25) is 5.95 Å². The molecule has 96 valence electrons. The summed E-state index contributed by atoms with van der Waals surface area (Å²) < 4.78 is 15.6. The van der Waals surface area contributed by atoms with Gasteiger partial charge >= 0.3 is 0 Å². The van der Waals surface area contributed by atoms with E-state index in [9.17, 15) is 4.39 Å². The first-order chi connectivity index (χ1) is 8.61. The molecule has 1 aromatic carbocycles. The van der Waals surface area contributed by atoms with Gasteiger partial charge in [0.25, 0.3) is 0 Å². The number of hydrogen-bond acceptors (Lipinski definition) is 2. The average molecular weight is 268 g/mol. The van der Waals surface area contributed by atoms with Crippen LogP contribution in [-0.4, -0.2) is 16.1 Å². The van der Waals surface area contributed by atoms with Crippen LogP contribution in [-0.2, 0) is 0 Å². The number of nitrogens with one attached hydrogen (secondary N) is 1. The molecule has 0 fully saturated rings. The highest BCUT2D eigenvalue weighted by Gasteiger charge is 2.11. The fourth-order valence-electron chi connectivity index (χ4n) is 1.72. The van der Waals surface area contributed by atoms with Crippen molar-refractivity contribution in [2.45, 2.75) is 20.3 Å². The maximum Gasteiger partial charge on any atom is 0.207 e. The second-order valence-corrected chi connectivity index (χ2v) is 4.53. The normalized spacial score (nSPS) is 10.7. The Bertz CT molecular complexity index is 551. The van der Waals surface area contributed by atoms with Crippen LogP contribution >= 0.6 is 11.6 Å². The molecule has 0 aliphatic heterocycles. The van der Waals surface area contributed by atoms with Crippen molar-refractivity contribution in [2.75, 3.05) is 11.9 Å². The first kappa shape index (κ1) is 12.9.